The van der Waals surface area contributed by atoms with Crippen LogP contribution in [0.2, 0.25) is 0 Å². The van der Waals surface area contributed by atoms with E-state index in [1.54, 1.807) is 0 Å². The number of thiazole rings is 1. The summed E-state index contributed by atoms with van der Waals surface area (Å²) in [5.41, 5.74) is 5.31. The first kappa shape index (κ1) is 26.6. The van der Waals surface area contributed by atoms with E-state index in [0.29, 0.717) is 22.2 Å². The molecule has 1 fully saturated rings. The summed E-state index contributed by atoms with van der Waals surface area (Å²) in [5.74, 6) is -2.17. The van der Waals surface area contributed by atoms with Gasteiger partial charge in [-0.15, -0.1) is 34.9 Å². The topological polar surface area (TPSA) is 173 Å². The lowest BCUT2D eigenvalue weighted by molar-refractivity contribution is -0.150. The Morgan fingerprint density at radius 3 is 2.89 bits per heavy atom. The monoisotopic (exact) mass is 595 g/mol. The molecule has 2 aliphatic rings. The van der Waals surface area contributed by atoms with Gasteiger partial charge in [0.1, 0.15) is 29.1 Å². The molecule has 4 N–H and O–H groups in total. The first-order valence-corrected chi connectivity index (χ1v) is 14.5. The van der Waals surface area contributed by atoms with Crippen molar-refractivity contribution in [2.45, 2.75) is 22.4 Å². The Morgan fingerprint density at radius 2 is 2.25 bits per heavy atom. The van der Waals surface area contributed by atoms with Crippen LogP contribution in [0.15, 0.2) is 32.5 Å². The number of anilines is 1. The number of aromatic nitrogens is 3. The lowest BCUT2D eigenvalue weighted by atomic mass is 10.0. The quantitative estimate of drug-likeness (QED) is 0.0859. The number of carbonyl (C=O) groups is 3. The maximum absolute atomic E-state index is 12.9. The lowest BCUT2D eigenvalue weighted by Gasteiger charge is -2.49. The van der Waals surface area contributed by atoms with Crippen LogP contribution < -0.4 is 11.1 Å². The van der Waals surface area contributed by atoms with Gasteiger partial charge in [-0.05, 0) is 17.1 Å². The van der Waals surface area contributed by atoms with Gasteiger partial charge in [0.25, 0.3) is 11.8 Å². The normalized spacial score (nSPS) is 19.8. The number of carbonyl (C=O) groups excluding carboxylic acids is 2. The van der Waals surface area contributed by atoms with Crippen molar-refractivity contribution in [3.63, 3.8) is 0 Å². The summed E-state index contributed by atoms with van der Waals surface area (Å²) in [5, 5.41) is 16.7. The second-order valence-electron chi connectivity index (χ2n) is 6.81. The molecule has 0 unspecified atom stereocenters. The molecular formula is C17H15F2N7O5S5. The number of alkyl halides is 2. The van der Waals surface area contributed by atoms with E-state index in [4.69, 9.17) is 5.73 Å². The Bertz CT molecular complexity index is 1210. The average molecular weight is 596 g/mol. The predicted molar refractivity (Wildman–Crippen MR) is 133 cm³/mol. The molecule has 36 heavy (non-hydrogen) atoms. The van der Waals surface area contributed by atoms with Crippen LogP contribution >= 0.6 is 58.2 Å². The number of hydrogen-bond acceptors (Lipinski definition) is 14. The van der Waals surface area contributed by atoms with Gasteiger partial charge in [-0.1, -0.05) is 16.9 Å². The summed E-state index contributed by atoms with van der Waals surface area (Å²) in [6, 6.07) is -1.09. The minimum absolute atomic E-state index is 0.0691. The first-order chi connectivity index (χ1) is 17.3. The van der Waals surface area contributed by atoms with Crippen molar-refractivity contribution < 1.29 is 33.1 Å². The van der Waals surface area contributed by atoms with Crippen molar-refractivity contribution in [2.75, 3.05) is 22.3 Å². The number of nitrogens with two attached hydrogens (primary N) is 1. The third-order valence-corrected chi connectivity index (χ3v) is 9.72. The molecule has 0 bridgehead atoms. The van der Waals surface area contributed by atoms with Crippen LogP contribution in [0.4, 0.5) is 13.9 Å². The van der Waals surface area contributed by atoms with Gasteiger partial charge in [-0.2, -0.15) is 13.2 Å². The molecule has 2 atom stereocenters. The number of hydrogen-bond donors (Lipinski definition) is 3. The van der Waals surface area contributed by atoms with Crippen molar-refractivity contribution in [3.8, 4) is 0 Å². The second-order valence-corrected chi connectivity index (χ2v) is 12.2. The minimum Gasteiger partial charge on any atom is -0.477 e. The third kappa shape index (κ3) is 5.90. The third-order valence-electron chi connectivity index (χ3n) is 4.62. The van der Waals surface area contributed by atoms with Crippen LogP contribution in [0.5, 0.6) is 0 Å². The molecule has 1 saturated heterocycles. The van der Waals surface area contributed by atoms with Gasteiger partial charge >= 0.3 is 12.6 Å². The fraction of sp³-hybridized carbons (Fsp3) is 0.353. The maximum Gasteiger partial charge on any atom is 0.407 e. The smallest absolute Gasteiger partial charge is 0.407 e. The van der Waals surface area contributed by atoms with E-state index in [2.05, 4.69) is 29.7 Å². The van der Waals surface area contributed by atoms with Crippen molar-refractivity contribution in [2.24, 2.45) is 5.16 Å². The molecule has 2 aromatic rings. The van der Waals surface area contributed by atoms with E-state index < -0.39 is 41.5 Å². The number of oxime groups is 1. The van der Waals surface area contributed by atoms with Crippen molar-refractivity contribution in [3.05, 3.63) is 28.7 Å². The molecule has 0 aliphatic carbocycles. The Kier molecular flexibility index (Phi) is 8.65. The molecule has 0 radical (unpaired) electrons. The number of carboxylic acids is 1. The van der Waals surface area contributed by atoms with Gasteiger partial charge < -0.3 is 21.0 Å². The number of thioether (sulfide) groups is 3. The molecule has 0 aromatic carbocycles. The largest absolute Gasteiger partial charge is 0.477 e. The number of nitrogens with one attached hydrogen (secondary N) is 1. The molecule has 2 aliphatic heterocycles. The van der Waals surface area contributed by atoms with Crippen LogP contribution in [0.3, 0.4) is 0 Å². The van der Waals surface area contributed by atoms with Crippen LogP contribution in [0.1, 0.15) is 5.69 Å². The Labute approximate surface area is 222 Å². The molecule has 4 rings (SSSR count). The Hall–Kier alpha value is -2.48. The van der Waals surface area contributed by atoms with Crippen LogP contribution in [0, 0.1) is 0 Å². The summed E-state index contributed by atoms with van der Waals surface area (Å²) in [4.78, 5) is 50.6. The highest BCUT2D eigenvalue weighted by molar-refractivity contribution is 8.16. The molecule has 12 nitrogen and oxygen atoms in total. The van der Waals surface area contributed by atoms with Gasteiger partial charge in [0.2, 0.25) is 0 Å². The summed E-state index contributed by atoms with van der Waals surface area (Å²) in [6.07, 6.45) is 1.46. The highest BCUT2D eigenvalue weighted by atomic mass is 32.2. The SMILES string of the molecule is Nc1nc(/C(=N/OC(F)F)C(=O)N[C@@H]2C(=O)N3C(C(=O)O)=C(CSCSc4ncns4)CS[C@H]23)cs1. The standard InChI is InChI=1S/C17H15F2N7O5S5/c18-15(19)31-25-8(7-3-34-16(20)23-7)11(27)24-9-12(28)26-10(14(29)30)6(2-33-13(9)26)1-32-5-35-17-21-4-22-36-17/h3-4,9,13,15H,1-2,5H2,(H2,20,23)(H,24,27)(H,29,30)/b25-8-/t9-,13-/m1/s1. The zero-order valence-electron chi connectivity index (χ0n) is 17.7. The van der Waals surface area contributed by atoms with Crippen molar-refractivity contribution >= 4 is 86.8 Å². The minimum atomic E-state index is -3.28. The van der Waals surface area contributed by atoms with Crippen LogP contribution in [0.25, 0.3) is 0 Å². The molecule has 19 heteroatoms. The van der Waals surface area contributed by atoms with Crippen LogP contribution in [-0.4, -0.2) is 82.5 Å². The number of nitrogen functional groups attached to an aromatic ring is 1. The molecule has 2 aromatic heterocycles. The van der Waals surface area contributed by atoms with Gasteiger partial charge in [0.05, 0.1) is 0 Å². The molecular weight excluding hydrogens is 581 g/mol. The zero-order chi connectivity index (χ0) is 25.8. The highest BCUT2D eigenvalue weighted by Gasteiger charge is 2.54. The number of β-lactam (4-membered cyclic amide) rings is 1. The summed E-state index contributed by atoms with van der Waals surface area (Å²) >= 11 is 6.47. The van der Waals surface area contributed by atoms with E-state index in [0.717, 1.165) is 20.6 Å². The number of aliphatic carboxylic acids is 1. The predicted octanol–water partition coefficient (Wildman–Crippen LogP) is 1.74. The first-order valence-electron chi connectivity index (χ1n) is 9.67. The molecule has 2 amide bonds. The van der Waals surface area contributed by atoms with E-state index in [1.807, 2.05) is 0 Å². The highest BCUT2D eigenvalue weighted by Crippen LogP contribution is 2.41. The van der Waals surface area contributed by atoms with Gasteiger partial charge in [0, 0.05) is 22.0 Å². The summed E-state index contributed by atoms with van der Waals surface area (Å²) < 4.78 is 29.7. The fourth-order valence-electron chi connectivity index (χ4n) is 3.18. The number of fused-ring (bicyclic) bond motifs is 1. The fourth-order valence-corrected chi connectivity index (χ4v) is 7.93. The zero-order valence-corrected chi connectivity index (χ0v) is 21.8. The summed E-state index contributed by atoms with van der Waals surface area (Å²) in [7, 11) is 0. The van der Waals surface area contributed by atoms with Gasteiger partial charge in [-0.25, -0.2) is 14.8 Å². The van der Waals surface area contributed by atoms with E-state index in [9.17, 15) is 28.3 Å². The van der Waals surface area contributed by atoms with Crippen molar-refractivity contribution in [1.29, 1.82) is 0 Å². The van der Waals surface area contributed by atoms with E-state index >= 15 is 0 Å². The van der Waals surface area contributed by atoms with Gasteiger partial charge in [-0.3, -0.25) is 14.5 Å². The van der Waals surface area contributed by atoms with Crippen molar-refractivity contribution in [1.82, 2.24) is 24.6 Å². The lowest BCUT2D eigenvalue weighted by Crippen LogP contribution is -2.71. The summed E-state index contributed by atoms with van der Waals surface area (Å²) in [6.45, 7) is -3.28. The molecule has 0 spiro atoms. The average Bonchev–Trinajstić information content (AvgIpc) is 3.51. The Morgan fingerprint density at radius 1 is 1.44 bits per heavy atom. The molecule has 0 saturated carbocycles. The van der Waals surface area contributed by atoms with Gasteiger partial charge in [0.15, 0.2) is 15.2 Å². The second kappa shape index (κ2) is 11.7. The molecule has 192 valence electrons. The maximum atomic E-state index is 12.9. The number of nitrogens with zero attached hydrogens (tertiary/aromatic N) is 5. The van der Waals surface area contributed by atoms with Crippen LogP contribution in [-0.2, 0) is 19.2 Å². The number of carboxylic acid groups (broad SMARTS) is 1. The number of halogens is 2. The molecule has 4 heterocycles. The number of rotatable bonds is 11. The Balaban J connectivity index is 1.43. The van der Waals surface area contributed by atoms with E-state index in [1.165, 1.54) is 58.5 Å². The van der Waals surface area contributed by atoms with E-state index in [-0.39, 0.29) is 16.5 Å². The number of amides is 2.